The summed E-state index contributed by atoms with van der Waals surface area (Å²) in [6.45, 7) is 5.23. The number of anilines is 1. The van der Waals surface area contributed by atoms with Crippen LogP contribution < -0.4 is 14.4 Å². The minimum absolute atomic E-state index is 0.0285. The van der Waals surface area contributed by atoms with E-state index in [9.17, 15) is 4.79 Å². The highest BCUT2D eigenvalue weighted by atomic mass is 16.5. The third-order valence-electron chi connectivity index (χ3n) is 5.30. The standard InChI is InChI=1S/C21H25N7O3/c1-4-28-21-19(24-25-28)20(22-14-23-21)27-11-9-26(10-12-27)18(29)8-6-15-5-7-16(30-2)17(13-15)31-3/h5-8,13-14H,4,9-12H2,1-3H3/b8-6-. The molecule has 4 rings (SSSR count). The average molecular weight is 423 g/mol. The summed E-state index contributed by atoms with van der Waals surface area (Å²) in [5.41, 5.74) is 2.29. The van der Waals surface area contributed by atoms with Gasteiger partial charge in [0.25, 0.3) is 0 Å². The van der Waals surface area contributed by atoms with Gasteiger partial charge < -0.3 is 19.3 Å². The van der Waals surface area contributed by atoms with Crippen LogP contribution in [-0.2, 0) is 11.3 Å². The molecule has 1 aliphatic rings. The van der Waals surface area contributed by atoms with Crippen molar-refractivity contribution in [3.05, 3.63) is 36.2 Å². The number of aromatic nitrogens is 5. The maximum absolute atomic E-state index is 12.7. The summed E-state index contributed by atoms with van der Waals surface area (Å²) in [5, 5.41) is 8.38. The minimum Gasteiger partial charge on any atom is -0.493 e. The lowest BCUT2D eigenvalue weighted by Crippen LogP contribution is -2.48. The summed E-state index contributed by atoms with van der Waals surface area (Å²) in [6.07, 6.45) is 4.91. The molecule has 0 spiro atoms. The number of ether oxygens (including phenoxy) is 2. The fourth-order valence-corrected chi connectivity index (χ4v) is 3.59. The lowest BCUT2D eigenvalue weighted by molar-refractivity contribution is -0.126. The number of carbonyl (C=O) groups is 1. The van der Waals surface area contributed by atoms with Gasteiger partial charge in [0.15, 0.2) is 28.5 Å². The lowest BCUT2D eigenvalue weighted by atomic mass is 10.2. The van der Waals surface area contributed by atoms with Crippen LogP contribution in [0, 0.1) is 0 Å². The van der Waals surface area contributed by atoms with Crippen LogP contribution in [0.15, 0.2) is 30.6 Å². The van der Waals surface area contributed by atoms with Gasteiger partial charge in [0.05, 0.1) is 14.2 Å². The second kappa shape index (κ2) is 8.99. The predicted octanol–water partition coefficient (Wildman–Crippen LogP) is 1.62. The van der Waals surface area contributed by atoms with Crippen LogP contribution in [0.5, 0.6) is 11.5 Å². The van der Waals surface area contributed by atoms with Gasteiger partial charge in [-0.1, -0.05) is 11.3 Å². The molecule has 31 heavy (non-hydrogen) atoms. The molecule has 1 amide bonds. The summed E-state index contributed by atoms with van der Waals surface area (Å²) in [6, 6.07) is 5.54. The zero-order chi connectivity index (χ0) is 21.8. The molecule has 10 heteroatoms. The monoisotopic (exact) mass is 423 g/mol. The van der Waals surface area contributed by atoms with E-state index in [0.717, 1.165) is 17.0 Å². The summed E-state index contributed by atoms with van der Waals surface area (Å²) >= 11 is 0. The molecule has 2 aromatic heterocycles. The molecule has 10 nitrogen and oxygen atoms in total. The number of carbonyl (C=O) groups excluding carboxylic acids is 1. The first kappa shape index (κ1) is 20.6. The first-order valence-electron chi connectivity index (χ1n) is 10.1. The maximum atomic E-state index is 12.7. The molecule has 0 saturated carbocycles. The molecular weight excluding hydrogens is 398 g/mol. The zero-order valence-electron chi connectivity index (χ0n) is 17.9. The molecule has 0 aliphatic carbocycles. The highest BCUT2D eigenvalue weighted by molar-refractivity contribution is 5.92. The first-order valence-corrected chi connectivity index (χ1v) is 10.1. The molecule has 1 aliphatic heterocycles. The average Bonchev–Trinajstić information content (AvgIpc) is 3.25. The highest BCUT2D eigenvalue weighted by Gasteiger charge is 2.23. The molecule has 3 heterocycles. The smallest absolute Gasteiger partial charge is 0.246 e. The summed E-state index contributed by atoms with van der Waals surface area (Å²) in [4.78, 5) is 25.3. The molecule has 0 radical (unpaired) electrons. The van der Waals surface area contributed by atoms with Crippen molar-refractivity contribution in [2.45, 2.75) is 13.5 Å². The number of rotatable bonds is 6. The number of piperazine rings is 1. The second-order valence-electron chi connectivity index (χ2n) is 7.03. The van der Waals surface area contributed by atoms with Crippen molar-refractivity contribution in [3.63, 3.8) is 0 Å². The minimum atomic E-state index is -0.0285. The normalized spacial score (nSPS) is 14.4. The largest absolute Gasteiger partial charge is 0.493 e. The number of methoxy groups -OCH3 is 2. The topological polar surface area (TPSA) is 98.5 Å². The summed E-state index contributed by atoms with van der Waals surface area (Å²) in [7, 11) is 3.18. The van der Waals surface area contributed by atoms with Gasteiger partial charge in [0.2, 0.25) is 5.91 Å². The predicted molar refractivity (Wildman–Crippen MR) is 116 cm³/mol. The maximum Gasteiger partial charge on any atom is 0.246 e. The van der Waals surface area contributed by atoms with Crippen molar-refractivity contribution in [2.24, 2.45) is 0 Å². The molecule has 0 unspecified atom stereocenters. The molecule has 0 atom stereocenters. The second-order valence-corrected chi connectivity index (χ2v) is 7.03. The van der Waals surface area contributed by atoms with Gasteiger partial charge >= 0.3 is 0 Å². The molecule has 1 saturated heterocycles. The van der Waals surface area contributed by atoms with Crippen LogP contribution in [-0.4, -0.2) is 76.2 Å². The molecular formula is C21H25N7O3. The molecule has 0 bridgehead atoms. The van der Waals surface area contributed by atoms with Crippen molar-refractivity contribution in [2.75, 3.05) is 45.3 Å². The van der Waals surface area contributed by atoms with Crippen LogP contribution in [0.25, 0.3) is 17.2 Å². The Kier molecular flexibility index (Phi) is 5.96. The van der Waals surface area contributed by atoms with E-state index in [1.807, 2.05) is 30.0 Å². The van der Waals surface area contributed by atoms with Gasteiger partial charge in [-0.2, -0.15) is 0 Å². The van der Waals surface area contributed by atoms with E-state index in [1.54, 1.807) is 31.1 Å². The molecule has 162 valence electrons. The van der Waals surface area contributed by atoms with Gasteiger partial charge in [-0.3, -0.25) is 4.79 Å². The highest BCUT2D eigenvalue weighted by Crippen LogP contribution is 2.28. The van der Waals surface area contributed by atoms with Crippen LogP contribution in [0.2, 0.25) is 0 Å². The van der Waals surface area contributed by atoms with Crippen molar-refractivity contribution >= 4 is 29.0 Å². The van der Waals surface area contributed by atoms with Crippen LogP contribution in [0.3, 0.4) is 0 Å². The van der Waals surface area contributed by atoms with Gasteiger partial charge in [-0.25, -0.2) is 14.6 Å². The fraction of sp³-hybridized carbons (Fsp3) is 0.381. The number of amides is 1. The number of aryl methyl sites for hydroxylation is 1. The summed E-state index contributed by atoms with van der Waals surface area (Å²) < 4.78 is 12.3. The van der Waals surface area contributed by atoms with Crippen LogP contribution >= 0.6 is 0 Å². The Morgan fingerprint density at radius 1 is 1.10 bits per heavy atom. The Bertz CT molecular complexity index is 1100. The Morgan fingerprint density at radius 3 is 2.58 bits per heavy atom. The van der Waals surface area contributed by atoms with E-state index in [1.165, 1.54) is 6.33 Å². The number of fused-ring (bicyclic) bond motifs is 1. The van der Waals surface area contributed by atoms with Crippen LogP contribution in [0.1, 0.15) is 12.5 Å². The molecule has 1 fully saturated rings. The Hall–Kier alpha value is -3.69. The van der Waals surface area contributed by atoms with Crippen molar-refractivity contribution in [1.82, 2.24) is 29.9 Å². The van der Waals surface area contributed by atoms with Crippen molar-refractivity contribution in [3.8, 4) is 11.5 Å². The van der Waals surface area contributed by atoms with Crippen molar-refractivity contribution in [1.29, 1.82) is 0 Å². The fourth-order valence-electron chi connectivity index (χ4n) is 3.59. The summed E-state index contributed by atoms with van der Waals surface area (Å²) in [5.74, 6) is 2.01. The van der Waals surface area contributed by atoms with Gasteiger partial charge in [-0.05, 0) is 30.7 Å². The van der Waals surface area contributed by atoms with Crippen molar-refractivity contribution < 1.29 is 14.3 Å². The Labute approximate surface area is 180 Å². The third kappa shape index (κ3) is 4.14. The van der Waals surface area contributed by atoms with E-state index in [-0.39, 0.29) is 5.91 Å². The van der Waals surface area contributed by atoms with Crippen LogP contribution in [0.4, 0.5) is 5.82 Å². The quantitative estimate of drug-likeness (QED) is 0.552. The SMILES string of the molecule is CCn1nnc2c(N3CCN(C(=O)/C=C\c4ccc(OC)c(OC)c4)CC3)ncnc21. The Balaban J connectivity index is 1.40. The molecule has 3 aromatic rings. The van der Waals surface area contributed by atoms with Gasteiger partial charge in [0, 0.05) is 38.8 Å². The number of benzene rings is 1. The number of nitrogens with zero attached hydrogens (tertiary/aromatic N) is 7. The lowest BCUT2D eigenvalue weighted by Gasteiger charge is -2.34. The third-order valence-corrected chi connectivity index (χ3v) is 5.30. The molecule has 1 aromatic carbocycles. The molecule has 0 N–H and O–H groups in total. The number of hydrogen-bond acceptors (Lipinski definition) is 8. The van der Waals surface area contributed by atoms with E-state index in [4.69, 9.17) is 9.47 Å². The number of hydrogen-bond donors (Lipinski definition) is 0. The Morgan fingerprint density at radius 2 is 1.87 bits per heavy atom. The zero-order valence-corrected chi connectivity index (χ0v) is 17.9. The van der Waals surface area contributed by atoms with Gasteiger partial charge in [0.1, 0.15) is 6.33 Å². The van der Waals surface area contributed by atoms with E-state index >= 15 is 0 Å². The first-order chi connectivity index (χ1) is 15.1. The van der Waals surface area contributed by atoms with E-state index < -0.39 is 0 Å². The van der Waals surface area contributed by atoms with Gasteiger partial charge in [-0.15, -0.1) is 5.10 Å². The van der Waals surface area contributed by atoms with E-state index in [2.05, 4.69) is 25.2 Å². The van der Waals surface area contributed by atoms with E-state index in [0.29, 0.717) is 49.7 Å².